The average Bonchev–Trinajstić information content (AvgIpc) is 2.71. The highest BCUT2D eigenvalue weighted by atomic mass is 35.5. The lowest BCUT2D eigenvalue weighted by molar-refractivity contribution is 0.140. The van der Waals surface area contributed by atoms with Crippen molar-refractivity contribution in [2.45, 2.75) is 13.0 Å². The molecule has 1 saturated heterocycles. The van der Waals surface area contributed by atoms with Crippen molar-refractivity contribution in [1.82, 2.24) is 15.1 Å². The molecule has 0 atom stereocenters. The van der Waals surface area contributed by atoms with Crippen LogP contribution >= 0.6 is 11.6 Å². The van der Waals surface area contributed by atoms with Gasteiger partial charge in [-0.2, -0.15) is 0 Å². The molecule has 5 nitrogen and oxygen atoms in total. The molecule has 0 spiro atoms. The van der Waals surface area contributed by atoms with Gasteiger partial charge in [-0.25, -0.2) is 4.79 Å². The number of nitrogens with zero attached hydrogens (tertiary/aromatic N) is 2. The standard InChI is InChI=1S/C21H26ClN3O2/c1-27-20-8-3-2-6-18(20)16-23-21(26)25-13-11-24(12-14-25)10-9-17-5-4-7-19(22)15-17/h2-8,15H,9-14,16H2,1H3,(H,23,26). The van der Waals surface area contributed by atoms with E-state index in [2.05, 4.69) is 16.3 Å². The van der Waals surface area contributed by atoms with E-state index < -0.39 is 0 Å². The van der Waals surface area contributed by atoms with Gasteiger partial charge in [-0.05, 0) is 30.2 Å². The smallest absolute Gasteiger partial charge is 0.317 e. The topological polar surface area (TPSA) is 44.8 Å². The summed E-state index contributed by atoms with van der Waals surface area (Å²) in [6.07, 6.45) is 0.973. The Kier molecular flexibility index (Phi) is 6.96. The van der Waals surface area contributed by atoms with Crippen LogP contribution in [0.5, 0.6) is 5.75 Å². The van der Waals surface area contributed by atoms with Crippen LogP contribution in [0, 0.1) is 0 Å². The lowest BCUT2D eigenvalue weighted by atomic mass is 10.1. The molecule has 6 heteroatoms. The number of rotatable bonds is 6. The predicted molar refractivity (Wildman–Crippen MR) is 108 cm³/mol. The van der Waals surface area contributed by atoms with Crippen molar-refractivity contribution in [3.05, 3.63) is 64.7 Å². The van der Waals surface area contributed by atoms with Crippen LogP contribution in [-0.2, 0) is 13.0 Å². The second-order valence-corrected chi connectivity index (χ2v) is 7.12. The number of nitrogens with one attached hydrogen (secondary N) is 1. The van der Waals surface area contributed by atoms with Crippen LogP contribution in [0.15, 0.2) is 48.5 Å². The first-order valence-electron chi connectivity index (χ1n) is 9.27. The molecule has 2 amide bonds. The van der Waals surface area contributed by atoms with Gasteiger partial charge in [0.1, 0.15) is 5.75 Å². The highest BCUT2D eigenvalue weighted by molar-refractivity contribution is 6.30. The molecule has 1 heterocycles. The van der Waals surface area contributed by atoms with Crippen molar-refractivity contribution in [2.75, 3.05) is 39.8 Å². The molecular weight excluding hydrogens is 362 g/mol. The molecule has 0 bridgehead atoms. The Hall–Kier alpha value is -2.24. The quantitative estimate of drug-likeness (QED) is 0.826. The van der Waals surface area contributed by atoms with E-state index in [1.54, 1.807) is 7.11 Å². The maximum atomic E-state index is 12.4. The number of halogens is 1. The summed E-state index contributed by atoms with van der Waals surface area (Å²) in [7, 11) is 1.64. The number of urea groups is 1. The molecule has 1 N–H and O–H groups in total. The first kappa shape index (κ1) is 19.5. The van der Waals surface area contributed by atoms with Crippen LogP contribution in [0.3, 0.4) is 0 Å². The summed E-state index contributed by atoms with van der Waals surface area (Å²) in [5.74, 6) is 0.795. The summed E-state index contributed by atoms with van der Waals surface area (Å²) in [5, 5.41) is 3.78. The molecule has 1 fully saturated rings. The Bertz CT molecular complexity index is 761. The SMILES string of the molecule is COc1ccccc1CNC(=O)N1CCN(CCc2cccc(Cl)c2)CC1. The fourth-order valence-corrected chi connectivity index (χ4v) is 3.50. The second kappa shape index (κ2) is 9.62. The molecule has 1 aliphatic rings. The molecule has 2 aromatic carbocycles. The summed E-state index contributed by atoms with van der Waals surface area (Å²) in [6, 6.07) is 15.7. The van der Waals surface area contributed by atoms with Gasteiger partial charge in [-0.15, -0.1) is 0 Å². The van der Waals surface area contributed by atoms with Gasteiger partial charge in [0.25, 0.3) is 0 Å². The van der Waals surface area contributed by atoms with Gasteiger partial charge in [-0.3, -0.25) is 4.90 Å². The van der Waals surface area contributed by atoms with E-state index >= 15 is 0 Å². The van der Waals surface area contributed by atoms with E-state index in [-0.39, 0.29) is 6.03 Å². The Morgan fingerprint density at radius 1 is 1.11 bits per heavy atom. The van der Waals surface area contributed by atoms with Gasteiger partial charge in [-0.1, -0.05) is 41.9 Å². The summed E-state index contributed by atoms with van der Waals surface area (Å²) in [5.41, 5.74) is 2.23. The van der Waals surface area contributed by atoms with E-state index in [0.717, 1.165) is 55.5 Å². The molecule has 144 valence electrons. The number of hydrogen-bond donors (Lipinski definition) is 1. The summed E-state index contributed by atoms with van der Waals surface area (Å²) < 4.78 is 5.33. The number of para-hydroxylation sites is 1. The van der Waals surface area contributed by atoms with Crippen molar-refractivity contribution >= 4 is 17.6 Å². The lowest BCUT2D eigenvalue weighted by Gasteiger charge is -2.34. The third-order valence-corrected chi connectivity index (χ3v) is 5.12. The average molecular weight is 388 g/mol. The minimum atomic E-state index is -0.0182. The molecule has 3 rings (SSSR count). The van der Waals surface area contributed by atoms with Crippen LogP contribution in [-0.4, -0.2) is 55.7 Å². The Balaban J connectivity index is 1.41. The van der Waals surface area contributed by atoms with Gasteiger partial charge in [0.05, 0.1) is 7.11 Å². The Morgan fingerprint density at radius 3 is 2.63 bits per heavy atom. The highest BCUT2D eigenvalue weighted by Gasteiger charge is 2.20. The fraction of sp³-hybridized carbons (Fsp3) is 0.381. The van der Waals surface area contributed by atoms with Crippen LogP contribution in [0.4, 0.5) is 4.79 Å². The van der Waals surface area contributed by atoms with Crippen LogP contribution < -0.4 is 10.1 Å². The highest BCUT2D eigenvalue weighted by Crippen LogP contribution is 2.17. The monoisotopic (exact) mass is 387 g/mol. The zero-order valence-corrected chi connectivity index (χ0v) is 16.4. The molecule has 0 saturated carbocycles. The van der Waals surface area contributed by atoms with Gasteiger partial charge in [0, 0.05) is 49.9 Å². The van der Waals surface area contributed by atoms with E-state index in [0.29, 0.717) is 6.54 Å². The van der Waals surface area contributed by atoms with E-state index in [1.165, 1.54) is 5.56 Å². The number of benzene rings is 2. The molecule has 2 aromatic rings. The number of piperazine rings is 1. The molecule has 0 aliphatic carbocycles. The van der Waals surface area contributed by atoms with E-state index in [9.17, 15) is 4.79 Å². The number of ether oxygens (including phenoxy) is 1. The van der Waals surface area contributed by atoms with Gasteiger partial charge in [0.15, 0.2) is 0 Å². The van der Waals surface area contributed by atoms with Crippen LogP contribution in [0.25, 0.3) is 0 Å². The maximum Gasteiger partial charge on any atom is 0.317 e. The van der Waals surface area contributed by atoms with Gasteiger partial charge in [0.2, 0.25) is 0 Å². The second-order valence-electron chi connectivity index (χ2n) is 6.68. The minimum absolute atomic E-state index is 0.0182. The Morgan fingerprint density at radius 2 is 1.89 bits per heavy atom. The summed E-state index contributed by atoms with van der Waals surface area (Å²) >= 11 is 6.04. The molecule has 27 heavy (non-hydrogen) atoms. The summed E-state index contributed by atoms with van der Waals surface area (Å²) in [6.45, 7) is 4.72. The van der Waals surface area contributed by atoms with Crippen molar-refractivity contribution in [3.63, 3.8) is 0 Å². The largest absolute Gasteiger partial charge is 0.496 e. The van der Waals surface area contributed by atoms with E-state index in [1.807, 2.05) is 47.4 Å². The molecule has 0 aromatic heterocycles. The third-order valence-electron chi connectivity index (χ3n) is 4.89. The number of hydrogen-bond acceptors (Lipinski definition) is 3. The molecular formula is C21H26ClN3O2. The van der Waals surface area contributed by atoms with Gasteiger partial charge >= 0.3 is 6.03 Å². The first-order valence-corrected chi connectivity index (χ1v) is 9.65. The summed E-state index contributed by atoms with van der Waals surface area (Å²) in [4.78, 5) is 16.7. The maximum absolute atomic E-state index is 12.4. The number of carbonyl (C=O) groups is 1. The zero-order valence-electron chi connectivity index (χ0n) is 15.7. The van der Waals surface area contributed by atoms with E-state index in [4.69, 9.17) is 16.3 Å². The first-order chi connectivity index (χ1) is 13.2. The van der Waals surface area contributed by atoms with Crippen LogP contribution in [0.1, 0.15) is 11.1 Å². The van der Waals surface area contributed by atoms with Crippen molar-refractivity contribution < 1.29 is 9.53 Å². The van der Waals surface area contributed by atoms with Crippen molar-refractivity contribution in [3.8, 4) is 5.75 Å². The van der Waals surface area contributed by atoms with Crippen molar-refractivity contribution in [1.29, 1.82) is 0 Å². The Labute approximate surface area is 165 Å². The molecule has 1 aliphatic heterocycles. The predicted octanol–water partition coefficient (Wildman–Crippen LogP) is 3.42. The normalized spacial score (nSPS) is 14.8. The van der Waals surface area contributed by atoms with Crippen LogP contribution in [0.2, 0.25) is 5.02 Å². The number of amides is 2. The lowest BCUT2D eigenvalue weighted by Crippen LogP contribution is -2.51. The van der Waals surface area contributed by atoms with Crippen molar-refractivity contribution in [2.24, 2.45) is 0 Å². The number of carbonyl (C=O) groups excluding carboxylic acids is 1. The number of methoxy groups -OCH3 is 1. The zero-order chi connectivity index (χ0) is 19.1. The third kappa shape index (κ3) is 5.62. The minimum Gasteiger partial charge on any atom is -0.496 e. The fourth-order valence-electron chi connectivity index (χ4n) is 3.29. The van der Waals surface area contributed by atoms with Gasteiger partial charge < -0.3 is 15.0 Å². The molecule has 0 radical (unpaired) electrons. The molecule has 0 unspecified atom stereocenters.